The second-order valence-electron chi connectivity index (χ2n) is 6.11. The largest absolute Gasteiger partial charge is 0.366 e. The lowest BCUT2D eigenvalue weighted by atomic mass is 10.0. The fourth-order valence-corrected chi connectivity index (χ4v) is 3.11. The Hall–Kier alpha value is -2.92. The van der Waals surface area contributed by atoms with Gasteiger partial charge in [-0.05, 0) is 62.2 Å². The molecule has 0 aliphatic rings. The molecule has 1 aromatic heterocycles. The van der Waals surface area contributed by atoms with E-state index in [9.17, 15) is 4.79 Å². The molecule has 0 radical (unpaired) electrons. The van der Waals surface area contributed by atoms with E-state index in [0.29, 0.717) is 12.1 Å². The van der Waals surface area contributed by atoms with Crippen molar-refractivity contribution in [3.05, 3.63) is 71.0 Å². The Morgan fingerprint density at radius 2 is 1.84 bits per heavy atom. The molecule has 128 valence electrons. The Labute approximate surface area is 147 Å². The summed E-state index contributed by atoms with van der Waals surface area (Å²) in [7, 11) is 0. The Morgan fingerprint density at radius 1 is 1.12 bits per heavy atom. The van der Waals surface area contributed by atoms with Gasteiger partial charge in [-0.2, -0.15) is 5.10 Å². The summed E-state index contributed by atoms with van der Waals surface area (Å²) in [5, 5.41) is 4.68. The average molecular weight is 334 g/mol. The van der Waals surface area contributed by atoms with Gasteiger partial charge < -0.3 is 11.5 Å². The first kappa shape index (κ1) is 16.9. The van der Waals surface area contributed by atoms with E-state index in [-0.39, 0.29) is 0 Å². The second-order valence-corrected chi connectivity index (χ2v) is 6.11. The van der Waals surface area contributed by atoms with Crippen molar-refractivity contribution < 1.29 is 4.79 Å². The second kappa shape index (κ2) is 6.91. The Bertz CT molecular complexity index is 910. The first-order valence-corrected chi connectivity index (χ1v) is 8.27. The van der Waals surface area contributed by atoms with Gasteiger partial charge in [-0.15, -0.1) is 0 Å². The molecule has 0 saturated heterocycles. The molecule has 1 heterocycles. The molecule has 0 saturated carbocycles. The lowest BCUT2D eigenvalue weighted by molar-refractivity contribution is 0.100. The number of nitrogens with two attached hydrogens (primary N) is 2. The van der Waals surface area contributed by atoms with Gasteiger partial charge >= 0.3 is 0 Å². The van der Waals surface area contributed by atoms with Gasteiger partial charge in [0, 0.05) is 16.8 Å². The summed E-state index contributed by atoms with van der Waals surface area (Å²) in [5.41, 5.74) is 17.6. The van der Waals surface area contributed by atoms with Crippen LogP contribution in [-0.2, 0) is 6.42 Å². The molecule has 0 fully saturated rings. The molecule has 5 nitrogen and oxygen atoms in total. The third-order valence-corrected chi connectivity index (χ3v) is 4.34. The molecule has 2 aromatic carbocycles. The molecule has 0 unspecified atom stereocenters. The molecule has 3 rings (SSSR count). The normalized spacial score (nSPS) is 10.8. The van der Waals surface area contributed by atoms with Gasteiger partial charge in [0.25, 0.3) is 0 Å². The summed E-state index contributed by atoms with van der Waals surface area (Å²) in [5.74, 6) is -0.431. The van der Waals surface area contributed by atoms with Gasteiger partial charge in [0.05, 0.1) is 11.4 Å². The number of carbonyl (C=O) groups is 1. The first-order chi connectivity index (χ1) is 12.0. The van der Waals surface area contributed by atoms with E-state index < -0.39 is 5.91 Å². The zero-order valence-corrected chi connectivity index (χ0v) is 14.5. The van der Waals surface area contributed by atoms with Crippen LogP contribution < -0.4 is 11.5 Å². The van der Waals surface area contributed by atoms with Crippen LogP contribution in [0.3, 0.4) is 0 Å². The predicted molar refractivity (Wildman–Crippen MR) is 99.8 cm³/mol. The zero-order chi connectivity index (χ0) is 18.0. The van der Waals surface area contributed by atoms with Crippen molar-refractivity contribution in [2.24, 2.45) is 11.5 Å². The van der Waals surface area contributed by atoms with Gasteiger partial charge in [-0.1, -0.05) is 24.3 Å². The summed E-state index contributed by atoms with van der Waals surface area (Å²) in [6.45, 7) is 4.64. The SMILES string of the molecule is Cc1nn(-c2ccc(CCN)cc2)c(C)c1-c1cccc(C(N)=O)c1. The molecule has 0 spiro atoms. The number of carbonyl (C=O) groups excluding carboxylic acids is 1. The van der Waals surface area contributed by atoms with Gasteiger partial charge in [-0.3, -0.25) is 4.79 Å². The highest BCUT2D eigenvalue weighted by Gasteiger charge is 2.15. The van der Waals surface area contributed by atoms with E-state index in [1.807, 2.05) is 48.9 Å². The lowest BCUT2D eigenvalue weighted by Gasteiger charge is -2.07. The fraction of sp³-hybridized carbons (Fsp3) is 0.200. The molecule has 4 N–H and O–H groups in total. The van der Waals surface area contributed by atoms with E-state index in [2.05, 4.69) is 17.2 Å². The average Bonchev–Trinajstić information content (AvgIpc) is 2.90. The minimum absolute atomic E-state index is 0.431. The maximum Gasteiger partial charge on any atom is 0.248 e. The summed E-state index contributed by atoms with van der Waals surface area (Å²) >= 11 is 0. The van der Waals surface area contributed by atoms with Crippen LogP contribution in [0.1, 0.15) is 27.3 Å². The summed E-state index contributed by atoms with van der Waals surface area (Å²) < 4.78 is 1.92. The van der Waals surface area contributed by atoms with Crippen molar-refractivity contribution in [3.8, 4) is 16.8 Å². The van der Waals surface area contributed by atoms with Gasteiger partial charge in [0.2, 0.25) is 5.91 Å². The molecular formula is C20H22N4O. The third kappa shape index (κ3) is 3.32. The van der Waals surface area contributed by atoms with E-state index in [1.54, 1.807) is 6.07 Å². The minimum atomic E-state index is -0.431. The molecular weight excluding hydrogens is 312 g/mol. The van der Waals surface area contributed by atoms with Crippen LogP contribution in [0.5, 0.6) is 0 Å². The topological polar surface area (TPSA) is 86.9 Å². The fourth-order valence-electron chi connectivity index (χ4n) is 3.11. The van der Waals surface area contributed by atoms with Crippen molar-refractivity contribution in [2.75, 3.05) is 6.54 Å². The Morgan fingerprint density at radius 3 is 2.48 bits per heavy atom. The molecule has 0 bridgehead atoms. The predicted octanol–water partition coefficient (Wildman–Crippen LogP) is 2.76. The number of aryl methyl sites for hydroxylation is 1. The summed E-state index contributed by atoms with van der Waals surface area (Å²) in [6.07, 6.45) is 0.864. The highest BCUT2D eigenvalue weighted by molar-refractivity contribution is 5.94. The van der Waals surface area contributed by atoms with E-state index in [1.165, 1.54) is 5.56 Å². The van der Waals surface area contributed by atoms with Crippen LogP contribution in [0.4, 0.5) is 0 Å². The van der Waals surface area contributed by atoms with Gasteiger partial charge in [0.1, 0.15) is 0 Å². The molecule has 0 aliphatic heterocycles. The van der Waals surface area contributed by atoms with Crippen LogP contribution in [0.2, 0.25) is 0 Å². The third-order valence-electron chi connectivity index (χ3n) is 4.34. The van der Waals surface area contributed by atoms with Crippen molar-refractivity contribution in [1.82, 2.24) is 9.78 Å². The Balaban J connectivity index is 2.04. The number of amides is 1. The maximum absolute atomic E-state index is 11.5. The number of rotatable bonds is 5. The molecule has 0 aliphatic carbocycles. The lowest BCUT2D eigenvalue weighted by Crippen LogP contribution is -2.10. The van der Waals surface area contributed by atoms with E-state index >= 15 is 0 Å². The molecule has 5 heteroatoms. The van der Waals surface area contributed by atoms with E-state index in [4.69, 9.17) is 11.5 Å². The summed E-state index contributed by atoms with van der Waals surface area (Å²) in [4.78, 5) is 11.5. The summed E-state index contributed by atoms with van der Waals surface area (Å²) in [6, 6.07) is 15.6. The number of benzene rings is 2. The Kier molecular flexibility index (Phi) is 4.67. The van der Waals surface area contributed by atoms with Crippen LogP contribution in [0.15, 0.2) is 48.5 Å². The highest BCUT2D eigenvalue weighted by atomic mass is 16.1. The van der Waals surface area contributed by atoms with Crippen molar-refractivity contribution in [2.45, 2.75) is 20.3 Å². The minimum Gasteiger partial charge on any atom is -0.366 e. The van der Waals surface area contributed by atoms with E-state index in [0.717, 1.165) is 34.6 Å². The quantitative estimate of drug-likeness (QED) is 0.752. The number of hydrogen-bond acceptors (Lipinski definition) is 3. The van der Waals surface area contributed by atoms with Gasteiger partial charge in [0.15, 0.2) is 0 Å². The first-order valence-electron chi connectivity index (χ1n) is 8.27. The van der Waals surface area contributed by atoms with Crippen LogP contribution >= 0.6 is 0 Å². The number of nitrogens with zero attached hydrogens (tertiary/aromatic N) is 2. The molecule has 3 aromatic rings. The van der Waals surface area contributed by atoms with Crippen LogP contribution in [-0.4, -0.2) is 22.2 Å². The number of aromatic nitrogens is 2. The van der Waals surface area contributed by atoms with Crippen LogP contribution in [0.25, 0.3) is 16.8 Å². The monoisotopic (exact) mass is 334 g/mol. The van der Waals surface area contributed by atoms with Crippen molar-refractivity contribution >= 4 is 5.91 Å². The van der Waals surface area contributed by atoms with Crippen molar-refractivity contribution in [3.63, 3.8) is 0 Å². The van der Waals surface area contributed by atoms with Crippen molar-refractivity contribution in [1.29, 1.82) is 0 Å². The maximum atomic E-state index is 11.5. The molecule has 25 heavy (non-hydrogen) atoms. The molecule has 1 amide bonds. The standard InChI is InChI=1S/C20H22N4O/c1-13-19(16-4-3-5-17(12-16)20(22)25)14(2)24(23-13)18-8-6-15(7-9-18)10-11-21/h3-9,12H,10-11,21H2,1-2H3,(H2,22,25). The molecule has 0 atom stereocenters. The highest BCUT2D eigenvalue weighted by Crippen LogP contribution is 2.29. The zero-order valence-electron chi connectivity index (χ0n) is 14.5. The van der Waals surface area contributed by atoms with Crippen LogP contribution in [0, 0.1) is 13.8 Å². The van der Waals surface area contributed by atoms with Gasteiger partial charge in [-0.25, -0.2) is 4.68 Å². The number of primary amides is 1. The number of hydrogen-bond donors (Lipinski definition) is 2. The smallest absolute Gasteiger partial charge is 0.248 e.